The summed E-state index contributed by atoms with van der Waals surface area (Å²) in [6.45, 7) is 0. The highest BCUT2D eigenvalue weighted by Crippen LogP contribution is 2.50. The molecule has 644 valence electrons. The van der Waals surface area contributed by atoms with Gasteiger partial charge in [-0.2, -0.15) is 0 Å². The highest BCUT2D eigenvalue weighted by molar-refractivity contribution is 6.24. The summed E-state index contributed by atoms with van der Waals surface area (Å²) in [5.41, 5.74) is 30.0. The second-order valence-corrected chi connectivity index (χ2v) is 36.1. The van der Waals surface area contributed by atoms with Crippen LogP contribution in [0.25, 0.3) is 219 Å². The zero-order valence-corrected chi connectivity index (χ0v) is 75.3. The van der Waals surface area contributed by atoms with Gasteiger partial charge in [0.2, 0.25) is 0 Å². The Morgan fingerprint density at radius 2 is 0.362 bits per heavy atom. The van der Waals surface area contributed by atoms with E-state index in [9.17, 15) is 0 Å². The Kier molecular flexibility index (Phi) is 18.9. The molecule has 0 amide bonds. The minimum Gasteiger partial charge on any atom is -0.310 e. The van der Waals surface area contributed by atoms with Crippen molar-refractivity contribution in [3.8, 4) is 67.3 Å². The molecule has 0 radical (unpaired) electrons. The number of aromatic nitrogens is 4. The molecule has 0 aliphatic heterocycles. The Bertz CT molecular complexity index is 9310. The summed E-state index contributed by atoms with van der Waals surface area (Å²) in [6, 6.07) is 191. The topological polar surface area (TPSA) is 26.2 Å². The van der Waals surface area contributed by atoms with Gasteiger partial charge in [0, 0.05) is 78.4 Å². The van der Waals surface area contributed by atoms with Crippen LogP contribution in [0.4, 0.5) is 34.1 Å². The molecule has 0 unspecified atom stereocenters. The van der Waals surface area contributed by atoms with E-state index in [-0.39, 0.29) is 0 Å². The molecule has 6 nitrogen and oxygen atoms in total. The number of hydrogen-bond donors (Lipinski definition) is 0. The number of anilines is 6. The van der Waals surface area contributed by atoms with Gasteiger partial charge in [-0.3, -0.25) is 0 Å². The minimum absolute atomic E-state index is 1.09. The Balaban J connectivity index is 0.000000139. The van der Waals surface area contributed by atoms with E-state index in [0.717, 1.165) is 84.5 Å². The van der Waals surface area contributed by atoms with Gasteiger partial charge < -0.3 is 28.1 Å². The fourth-order valence-corrected chi connectivity index (χ4v) is 22.4. The van der Waals surface area contributed by atoms with Crippen LogP contribution in [-0.4, -0.2) is 18.3 Å². The maximum atomic E-state index is 2.51. The lowest BCUT2D eigenvalue weighted by Gasteiger charge is -2.25. The number of rotatable bonds is 14. The van der Waals surface area contributed by atoms with Crippen molar-refractivity contribution < 1.29 is 0 Å². The van der Waals surface area contributed by atoms with Crippen LogP contribution in [0.2, 0.25) is 0 Å². The molecule has 0 bridgehead atoms. The van der Waals surface area contributed by atoms with Gasteiger partial charge in [0.25, 0.3) is 0 Å². The van der Waals surface area contributed by atoms with E-state index in [0.29, 0.717) is 0 Å². The van der Waals surface area contributed by atoms with Gasteiger partial charge in [-0.1, -0.05) is 352 Å². The first-order chi connectivity index (χ1) is 68.5. The van der Waals surface area contributed by atoms with Crippen LogP contribution in [0.3, 0.4) is 0 Å². The number of hydrogen-bond acceptors (Lipinski definition) is 2. The predicted octanol–water partition coefficient (Wildman–Crippen LogP) is 36.3. The normalized spacial score (nSPS) is 11.8. The number of fused-ring (bicyclic) bond motifs is 22. The smallest absolute Gasteiger partial charge is 0.0804 e. The second kappa shape index (κ2) is 32.8. The molecule has 0 aliphatic rings. The lowest BCUT2D eigenvalue weighted by molar-refractivity contribution is 1.17. The standard InChI is InChI=1S/2C66H43N3/c1-3-23-48(24-4-1)67(49-25-5-2-6-26-49)52-37-38-64-62(43-52)66-65(69(64)51-28-18-22-45(40-51)61-42-47-20-8-10-30-54(47)56-32-12-14-34-58(56)61)59-35-15-16-36-63(59)68(66)50-27-17-21-44(39-50)60-41-46-19-7-9-29-53(46)55-31-11-13-33-57(55)60;1-3-19-48(20-4-1)67(49-21-5-2-6-22-49)52-39-40-64-62(43-52)66-65(69(64)51-37-33-45(34-38-51)61-42-47-18-8-10-24-54(47)56-26-12-14-28-58(56)61)59-29-15-16-30-63(59)68(66)50-35-31-44(32-36-50)60-41-46-17-7-9-23-53(46)55-25-11-13-27-57(55)60/h2*1-43H. The summed E-state index contributed by atoms with van der Waals surface area (Å²) in [7, 11) is 0. The van der Waals surface area contributed by atoms with Crippen LogP contribution >= 0.6 is 0 Å². The van der Waals surface area contributed by atoms with E-state index in [2.05, 4.69) is 550 Å². The molecule has 4 heterocycles. The molecule has 28 aromatic rings. The monoisotopic (exact) mass is 1750 g/mol. The van der Waals surface area contributed by atoms with Gasteiger partial charge in [0.15, 0.2) is 0 Å². The summed E-state index contributed by atoms with van der Waals surface area (Å²) in [5, 5.41) is 24.9. The number of nitrogens with zero attached hydrogens (tertiary/aromatic N) is 6. The van der Waals surface area contributed by atoms with Gasteiger partial charge in [-0.15, -0.1) is 0 Å². The molecule has 0 aliphatic carbocycles. The molecule has 0 saturated carbocycles. The third kappa shape index (κ3) is 13.1. The van der Waals surface area contributed by atoms with E-state index in [1.165, 1.54) is 169 Å². The molecule has 0 saturated heterocycles. The molecule has 0 N–H and O–H groups in total. The molecule has 28 rings (SSSR count). The average molecular weight is 1760 g/mol. The fraction of sp³-hybridized carbons (Fsp3) is 0. The molecule has 4 aromatic heterocycles. The van der Waals surface area contributed by atoms with Crippen molar-refractivity contribution in [1.29, 1.82) is 0 Å². The highest BCUT2D eigenvalue weighted by Gasteiger charge is 2.29. The summed E-state index contributed by atoms with van der Waals surface area (Å²) in [6.07, 6.45) is 0. The van der Waals surface area contributed by atoms with Crippen LogP contribution in [0.5, 0.6) is 0 Å². The van der Waals surface area contributed by atoms with Gasteiger partial charge >= 0.3 is 0 Å². The molecule has 0 spiro atoms. The SMILES string of the molecule is c1ccc(N(c2ccccc2)c2ccc3c(c2)c2c(c4ccccc4n2-c2ccc(-c4cc5ccccc5c5ccccc45)cc2)n3-c2ccc(-c3cc4ccccc4c4ccccc34)cc2)cc1.c1ccc(N(c2ccccc2)c2ccc3c(c2)c2c(c4ccccc4n2-c2cccc(-c4cc5ccccc5c5ccccc45)c2)n3-c2cccc(-c3cc4ccccc4c4ccccc34)c2)cc1. The lowest BCUT2D eigenvalue weighted by atomic mass is 9.93. The predicted molar refractivity (Wildman–Crippen MR) is 586 cm³/mol. The largest absolute Gasteiger partial charge is 0.310 e. The third-order valence-electron chi connectivity index (χ3n) is 28.4. The first-order valence-electron chi connectivity index (χ1n) is 47.5. The summed E-state index contributed by atoms with van der Waals surface area (Å²) in [5.74, 6) is 0. The summed E-state index contributed by atoms with van der Waals surface area (Å²) in [4.78, 5) is 4.73. The van der Waals surface area contributed by atoms with E-state index in [4.69, 9.17) is 0 Å². The van der Waals surface area contributed by atoms with Crippen LogP contribution in [0.15, 0.2) is 522 Å². The van der Waals surface area contributed by atoms with Crippen molar-refractivity contribution in [2.24, 2.45) is 0 Å². The van der Waals surface area contributed by atoms with Crippen LogP contribution in [0, 0.1) is 0 Å². The van der Waals surface area contributed by atoms with E-state index < -0.39 is 0 Å². The summed E-state index contributed by atoms with van der Waals surface area (Å²) >= 11 is 0. The van der Waals surface area contributed by atoms with Crippen molar-refractivity contribution in [2.75, 3.05) is 9.80 Å². The zero-order chi connectivity index (χ0) is 90.8. The van der Waals surface area contributed by atoms with Crippen LogP contribution in [-0.2, 0) is 0 Å². The van der Waals surface area contributed by atoms with Crippen molar-refractivity contribution in [1.82, 2.24) is 18.3 Å². The first-order valence-corrected chi connectivity index (χ1v) is 47.5. The van der Waals surface area contributed by atoms with Crippen molar-refractivity contribution in [3.63, 3.8) is 0 Å². The van der Waals surface area contributed by atoms with E-state index in [1.807, 2.05) is 0 Å². The maximum Gasteiger partial charge on any atom is 0.0804 e. The van der Waals surface area contributed by atoms with E-state index in [1.54, 1.807) is 0 Å². The fourth-order valence-electron chi connectivity index (χ4n) is 22.4. The molecular formula is C132H86N6. The van der Waals surface area contributed by atoms with Gasteiger partial charge in [-0.25, -0.2) is 0 Å². The van der Waals surface area contributed by atoms with Crippen molar-refractivity contribution in [2.45, 2.75) is 0 Å². The van der Waals surface area contributed by atoms with Crippen LogP contribution < -0.4 is 9.80 Å². The van der Waals surface area contributed by atoms with Crippen molar-refractivity contribution >= 4 is 186 Å². The Morgan fingerprint density at radius 3 is 0.674 bits per heavy atom. The number of para-hydroxylation sites is 6. The first kappa shape index (κ1) is 79.4. The highest BCUT2D eigenvalue weighted by atomic mass is 15.2. The maximum absolute atomic E-state index is 2.51. The molecule has 6 heteroatoms. The Morgan fingerprint density at radius 1 is 0.123 bits per heavy atom. The molecule has 0 fully saturated rings. The average Bonchev–Trinajstić information content (AvgIpc) is 1.57. The molecule has 138 heavy (non-hydrogen) atoms. The third-order valence-corrected chi connectivity index (χ3v) is 28.4. The van der Waals surface area contributed by atoms with E-state index >= 15 is 0 Å². The molecule has 0 atom stereocenters. The molecular weight excluding hydrogens is 1670 g/mol. The molecule has 24 aromatic carbocycles. The quantitative estimate of drug-likeness (QED) is 0.101. The zero-order valence-electron chi connectivity index (χ0n) is 75.3. The van der Waals surface area contributed by atoms with Crippen molar-refractivity contribution in [3.05, 3.63) is 522 Å². The van der Waals surface area contributed by atoms with Crippen LogP contribution in [0.1, 0.15) is 0 Å². The van der Waals surface area contributed by atoms with Gasteiger partial charge in [0.05, 0.1) is 44.1 Å². The summed E-state index contributed by atoms with van der Waals surface area (Å²) < 4.78 is 9.99. The minimum atomic E-state index is 1.09. The van der Waals surface area contributed by atoms with Gasteiger partial charge in [-0.05, 0) is 301 Å². The Hall–Kier alpha value is -18.4. The second-order valence-electron chi connectivity index (χ2n) is 36.1. The van der Waals surface area contributed by atoms with Gasteiger partial charge in [0.1, 0.15) is 0 Å². The Labute approximate surface area is 797 Å². The lowest BCUT2D eigenvalue weighted by Crippen LogP contribution is -2.09. The number of benzene rings is 24.